The maximum absolute atomic E-state index is 6.11. The van der Waals surface area contributed by atoms with Crippen molar-refractivity contribution in [2.45, 2.75) is 32.3 Å². The standard InChI is InChI=1S/C19H24N4O2/c1-15-6-7-17(22-21-15)23-11-8-16-19(13-23,9-4-12-24-16)14-25-18-5-2-3-10-20-18/h2-3,5-7,10,16H,4,8-9,11-14H2,1H3/t16-,19-/m0/s1. The number of rotatable bonds is 4. The SMILES string of the molecule is Cc1ccc(N2CC[C@@H]3OCCC[C@@]3(COc3ccccn3)C2)nn1. The third kappa shape index (κ3) is 3.44. The second kappa shape index (κ2) is 6.96. The molecule has 2 fully saturated rings. The lowest BCUT2D eigenvalue weighted by atomic mass is 9.73. The Hall–Kier alpha value is -2.21. The van der Waals surface area contributed by atoms with E-state index in [1.54, 1.807) is 6.20 Å². The average molecular weight is 340 g/mol. The van der Waals surface area contributed by atoms with Crippen molar-refractivity contribution >= 4 is 5.82 Å². The maximum Gasteiger partial charge on any atom is 0.213 e. The summed E-state index contributed by atoms with van der Waals surface area (Å²) >= 11 is 0. The van der Waals surface area contributed by atoms with Crippen LogP contribution in [-0.2, 0) is 4.74 Å². The minimum absolute atomic E-state index is 0.0272. The van der Waals surface area contributed by atoms with E-state index in [0.29, 0.717) is 12.5 Å². The van der Waals surface area contributed by atoms with Crippen molar-refractivity contribution < 1.29 is 9.47 Å². The average Bonchev–Trinajstić information content (AvgIpc) is 2.67. The summed E-state index contributed by atoms with van der Waals surface area (Å²) in [4.78, 5) is 6.60. The molecule has 25 heavy (non-hydrogen) atoms. The number of anilines is 1. The Morgan fingerprint density at radius 1 is 1.28 bits per heavy atom. The Bertz CT molecular complexity index is 694. The molecule has 0 aromatic carbocycles. The van der Waals surface area contributed by atoms with Gasteiger partial charge in [-0.05, 0) is 44.4 Å². The molecular weight excluding hydrogens is 316 g/mol. The normalized spacial score (nSPS) is 26.1. The fourth-order valence-electron chi connectivity index (χ4n) is 3.91. The van der Waals surface area contributed by atoms with Gasteiger partial charge < -0.3 is 14.4 Å². The molecule has 2 saturated heterocycles. The zero-order valence-electron chi connectivity index (χ0n) is 14.6. The molecule has 2 aromatic rings. The van der Waals surface area contributed by atoms with Crippen LogP contribution < -0.4 is 9.64 Å². The van der Waals surface area contributed by atoms with E-state index in [0.717, 1.165) is 50.5 Å². The van der Waals surface area contributed by atoms with E-state index in [2.05, 4.69) is 26.1 Å². The summed E-state index contributed by atoms with van der Waals surface area (Å²) in [6, 6.07) is 9.82. The van der Waals surface area contributed by atoms with E-state index >= 15 is 0 Å². The lowest BCUT2D eigenvalue weighted by molar-refractivity contribution is -0.110. The van der Waals surface area contributed by atoms with Gasteiger partial charge in [-0.15, -0.1) is 5.10 Å². The molecule has 0 aliphatic carbocycles. The molecular formula is C19H24N4O2. The van der Waals surface area contributed by atoms with Gasteiger partial charge in [-0.3, -0.25) is 0 Å². The summed E-state index contributed by atoms with van der Waals surface area (Å²) in [6.07, 6.45) is 5.15. The van der Waals surface area contributed by atoms with Crippen molar-refractivity contribution in [3.63, 3.8) is 0 Å². The van der Waals surface area contributed by atoms with Crippen LogP contribution in [-0.4, -0.2) is 47.6 Å². The number of ether oxygens (including phenoxy) is 2. The van der Waals surface area contributed by atoms with Crippen molar-refractivity contribution in [1.82, 2.24) is 15.2 Å². The first-order valence-electron chi connectivity index (χ1n) is 8.96. The molecule has 4 heterocycles. The van der Waals surface area contributed by atoms with Crippen LogP contribution in [0.1, 0.15) is 25.0 Å². The van der Waals surface area contributed by atoms with Crippen LogP contribution in [0.3, 0.4) is 0 Å². The largest absolute Gasteiger partial charge is 0.477 e. The second-order valence-electron chi connectivity index (χ2n) is 7.03. The van der Waals surface area contributed by atoms with Crippen LogP contribution in [0.5, 0.6) is 5.88 Å². The lowest BCUT2D eigenvalue weighted by Crippen LogP contribution is -2.57. The number of hydrogen-bond donors (Lipinski definition) is 0. The van der Waals surface area contributed by atoms with Gasteiger partial charge in [-0.25, -0.2) is 4.98 Å². The van der Waals surface area contributed by atoms with Crippen LogP contribution in [0.2, 0.25) is 0 Å². The van der Waals surface area contributed by atoms with Gasteiger partial charge in [-0.2, -0.15) is 5.10 Å². The van der Waals surface area contributed by atoms with Gasteiger partial charge in [0.25, 0.3) is 0 Å². The highest BCUT2D eigenvalue weighted by atomic mass is 16.5. The Kier molecular flexibility index (Phi) is 4.53. The molecule has 2 aliphatic rings. The zero-order chi connectivity index (χ0) is 17.1. The molecule has 0 bridgehead atoms. The number of pyridine rings is 1. The van der Waals surface area contributed by atoms with Gasteiger partial charge in [0, 0.05) is 37.4 Å². The molecule has 2 aromatic heterocycles. The molecule has 132 valence electrons. The first-order valence-corrected chi connectivity index (χ1v) is 8.96. The minimum Gasteiger partial charge on any atom is -0.477 e. The van der Waals surface area contributed by atoms with Crippen LogP contribution in [0.4, 0.5) is 5.82 Å². The molecule has 2 aliphatic heterocycles. The summed E-state index contributed by atoms with van der Waals surface area (Å²) in [6.45, 7) is 5.24. The smallest absolute Gasteiger partial charge is 0.213 e. The van der Waals surface area contributed by atoms with Gasteiger partial charge in [-0.1, -0.05) is 6.07 Å². The van der Waals surface area contributed by atoms with Crippen molar-refractivity contribution in [1.29, 1.82) is 0 Å². The van der Waals surface area contributed by atoms with Crippen LogP contribution in [0.25, 0.3) is 0 Å². The Morgan fingerprint density at radius 2 is 2.24 bits per heavy atom. The van der Waals surface area contributed by atoms with Gasteiger partial charge in [0.1, 0.15) is 0 Å². The van der Waals surface area contributed by atoms with E-state index in [1.807, 2.05) is 31.2 Å². The highest BCUT2D eigenvalue weighted by molar-refractivity contribution is 5.39. The predicted molar refractivity (Wildman–Crippen MR) is 94.7 cm³/mol. The number of aryl methyl sites for hydroxylation is 1. The molecule has 0 radical (unpaired) electrons. The zero-order valence-corrected chi connectivity index (χ0v) is 14.6. The van der Waals surface area contributed by atoms with E-state index in [4.69, 9.17) is 9.47 Å². The number of piperidine rings is 1. The van der Waals surface area contributed by atoms with E-state index < -0.39 is 0 Å². The van der Waals surface area contributed by atoms with Crippen molar-refractivity contribution in [2.75, 3.05) is 31.2 Å². The number of nitrogens with zero attached hydrogens (tertiary/aromatic N) is 4. The van der Waals surface area contributed by atoms with Gasteiger partial charge >= 0.3 is 0 Å². The topological polar surface area (TPSA) is 60.4 Å². The fraction of sp³-hybridized carbons (Fsp3) is 0.526. The predicted octanol–water partition coefficient (Wildman–Crippen LogP) is 2.63. The summed E-state index contributed by atoms with van der Waals surface area (Å²) in [5, 5.41) is 8.58. The summed E-state index contributed by atoms with van der Waals surface area (Å²) in [7, 11) is 0. The molecule has 0 saturated carbocycles. The Balaban J connectivity index is 1.53. The molecule has 6 nitrogen and oxygen atoms in total. The highest BCUT2D eigenvalue weighted by Gasteiger charge is 2.47. The van der Waals surface area contributed by atoms with E-state index in [9.17, 15) is 0 Å². The number of hydrogen-bond acceptors (Lipinski definition) is 6. The molecule has 4 rings (SSSR count). The highest BCUT2D eigenvalue weighted by Crippen LogP contribution is 2.41. The van der Waals surface area contributed by atoms with Gasteiger partial charge in [0.05, 0.1) is 18.4 Å². The Morgan fingerprint density at radius 3 is 3.04 bits per heavy atom. The monoisotopic (exact) mass is 340 g/mol. The van der Waals surface area contributed by atoms with Crippen LogP contribution in [0.15, 0.2) is 36.5 Å². The van der Waals surface area contributed by atoms with E-state index in [-0.39, 0.29) is 11.5 Å². The van der Waals surface area contributed by atoms with Crippen molar-refractivity contribution in [3.05, 3.63) is 42.2 Å². The number of fused-ring (bicyclic) bond motifs is 1. The molecule has 0 unspecified atom stereocenters. The summed E-state index contributed by atoms with van der Waals surface area (Å²) in [5.41, 5.74) is 0.911. The maximum atomic E-state index is 6.11. The lowest BCUT2D eigenvalue weighted by Gasteiger charge is -2.50. The fourth-order valence-corrected chi connectivity index (χ4v) is 3.91. The van der Waals surface area contributed by atoms with Crippen LogP contribution >= 0.6 is 0 Å². The first kappa shape index (κ1) is 16.3. The molecule has 0 N–H and O–H groups in total. The third-order valence-electron chi connectivity index (χ3n) is 5.24. The molecule has 0 spiro atoms. The third-order valence-corrected chi connectivity index (χ3v) is 5.24. The first-order chi connectivity index (χ1) is 12.3. The van der Waals surface area contributed by atoms with Crippen molar-refractivity contribution in [2.24, 2.45) is 5.41 Å². The van der Waals surface area contributed by atoms with Gasteiger partial charge in [0.15, 0.2) is 5.82 Å². The molecule has 0 amide bonds. The molecule has 2 atom stereocenters. The molecule has 6 heteroatoms. The number of aromatic nitrogens is 3. The van der Waals surface area contributed by atoms with E-state index in [1.165, 1.54) is 0 Å². The summed E-state index contributed by atoms with van der Waals surface area (Å²) < 4.78 is 12.2. The van der Waals surface area contributed by atoms with Crippen LogP contribution in [0, 0.1) is 12.3 Å². The van der Waals surface area contributed by atoms with Gasteiger partial charge in [0.2, 0.25) is 5.88 Å². The van der Waals surface area contributed by atoms with Crippen molar-refractivity contribution in [3.8, 4) is 5.88 Å². The quantitative estimate of drug-likeness (QED) is 0.853. The summed E-state index contributed by atoms with van der Waals surface area (Å²) in [5.74, 6) is 1.61. The second-order valence-corrected chi connectivity index (χ2v) is 7.03. The Labute approximate surface area is 148 Å². The minimum atomic E-state index is -0.0272.